The molecule has 0 saturated carbocycles. The zero-order valence-corrected chi connectivity index (χ0v) is 20.1. The van der Waals surface area contributed by atoms with E-state index in [9.17, 15) is 9.59 Å². The van der Waals surface area contributed by atoms with Gasteiger partial charge in [-0.05, 0) is 59.9 Å². The number of fused-ring (bicyclic) bond motifs is 1. The Balaban J connectivity index is 2.50. The van der Waals surface area contributed by atoms with Gasteiger partial charge in [0.25, 0.3) is 5.56 Å². The van der Waals surface area contributed by atoms with E-state index < -0.39 is 0 Å². The molecule has 0 spiro atoms. The fraction of sp³-hybridized carbons (Fsp3) is 0.667. The van der Waals surface area contributed by atoms with Crippen LogP contribution in [0.25, 0.3) is 10.2 Å². The van der Waals surface area contributed by atoms with E-state index in [0.717, 1.165) is 20.7 Å². The summed E-state index contributed by atoms with van der Waals surface area (Å²) in [5.74, 6) is 0.393. The number of hydrogen-bond donors (Lipinski definition) is 0. The molecule has 2 aromatic heterocycles. The van der Waals surface area contributed by atoms with Gasteiger partial charge in [-0.2, -0.15) is 0 Å². The number of carbonyl (C=O) groups excluding carboxylic acids is 1. The molecule has 2 rings (SSSR count). The molecule has 7 heteroatoms. The largest absolute Gasteiger partial charge is 0.337 e. The van der Waals surface area contributed by atoms with Crippen molar-refractivity contribution in [2.24, 2.45) is 5.92 Å². The van der Waals surface area contributed by atoms with Crippen molar-refractivity contribution >= 4 is 39.2 Å². The van der Waals surface area contributed by atoms with Crippen LogP contribution in [-0.4, -0.2) is 37.7 Å². The summed E-state index contributed by atoms with van der Waals surface area (Å²) in [6.45, 7) is 18.8. The number of amides is 1. The molecule has 0 aliphatic heterocycles. The molecular formula is C21H33N3O2S2. The molecule has 0 aliphatic rings. The van der Waals surface area contributed by atoms with Crippen molar-refractivity contribution in [2.75, 3.05) is 0 Å². The Morgan fingerprint density at radius 3 is 2.18 bits per heavy atom. The molecule has 156 valence electrons. The second-order valence-corrected chi connectivity index (χ2v) is 10.9. The maximum atomic E-state index is 13.2. The van der Waals surface area contributed by atoms with Crippen molar-refractivity contribution in [1.82, 2.24) is 14.5 Å². The third-order valence-electron chi connectivity index (χ3n) is 4.80. The monoisotopic (exact) mass is 423 g/mol. The van der Waals surface area contributed by atoms with Crippen LogP contribution in [0.5, 0.6) is 0 Å². The molecule has 0 fully saturated rings. The highest BCUT2D eigenvalue weighted by molar-refractivity contribution is 8.00. The third-order valence-corrected chi connectivity index (χ3v) is 6.98. The molecule has 5 nitrogen and oxygen atoms in total. The smallest absolute Gasteiger partial charge is 0.263 e. The summed E-state index contributed by atoms with van der Waals surface area (Å²) in [7, 11) is 0. The van der Waals surface area contributed by atoms with E-state index in [-0.39, 0.29) is 28.8 Å². The van der Waals surface area contributed by atoms with Crippen LogP contribution in [0.1, 0.15) is 58.9 Å². The Hall–Kier alpha value is -1.34. The van der Waals surface area contributed by atoms with Crippen LogP contribution < -0.4 is 5.56 Å². The Bertz CT molecular complexity index is 904. The first-order chi connectivity index (χ1) is 13.0. The summed E-state index contributed by atoms with van der Waals surface area (Å²) < 4.78 is 1.76. The molecule has 0 N–H and O–H groups in total. The minimum atomic E-state index is -0.310. The first kappa shape index (κ1) is 22.9. The Morgan fingerprint density at radius 2 is 1.68 bits per heavy atom. The van der Waals surface area contributed by atoms with E-state index in [0.29, 0.717) is 17.6 Å². The van der Waals surface area contributed by atoms with Gasteiger partial charge in [0, 0.05) is 23.5 Å². The summed E-state index contributed by atoms with van der Waals surface area (Å²) in [5.41, 5.74) is 1.02. The lowest BCUT2D eigenvalue weighted by atomic mass is 10.2. The quantitative estimate of drug-likeness (QED) is 0.471. The zero-order valence-electron chi connectivity index (χ0n) is 18.5. The van der Waals surface area contributed by atoms with Crippen LogP contribution in [0.3, 0.4) is 0 Å². The summed E-state index contributed by atoms with van der Waals surface area (Å²) in [6, 6.07) is 0.262. The molecular weight excluding hydrogens is 390 g/mol. The van der Waals surface area contributed by atoms with Crippen LogP contribution in [0, 0.1) is 19.8 Å². The van der Waals surface area contributed by atoms with Crippen LogP contribution in [-0.2, 0) is 11.3 Å². The molecule has 1 atom stereocenters. The van der Waals surface area contributed by atoms with Crippen LogP contribution in [0.4, 0.5) is 0 Å². The minimum absolute atomic E-state index is 0.00674. The summed E-state index contributed by atoms with van der Waals surface area (Å²) in [4.78, 5) is 34.9. The number of hydrogen-bond acceptors (Lipinski definition) is 5. The fourth-order valence-electron chi connectivity index (χ4n) is 3.45. The van der Waals surface area contributed by atoms with Gasteiger partial charge in [-0.1, -0.05) is 25.6 Å². The lowest BCUT2D eigenvalue weighted by molar-refractivity contribution is -0.133. The number of aryl methyl sites for hydroxylation is 2. The molecule has 0 aromatic carbocycles. The Kier molecular flexibility index (Phi) is 7.37. The molecule has 28 heavy (non-hydrogen) atoms. The minimum Gasteiger partial charge on any atom is -0.337 e. The molecule has 0 aliphatic carbocycles. The van der Waals surface area contributed by atoms with Crippen LogP contribution in [0.15, 0.2) is 9.95 Å². The average molecular weight is 424 g/mol. The summed E-state index contributed by atoms with van der Waals surface area (Å²) in [6.07, 6.45) is 0. The highest BCUT2D eigenvalue weighted by Crippen LogP contribution is 2.30. The Labute approximate surface area is 176 Å². The van der Waals surface area contributed by atoms with Gasteiger partial charge in [0.15, 0.2) is 5.16 Å². The molecule has 0 unspecified atom stereocenters. The third kappa shape index (κ3) is 4.62. The maximum absolute atomic E-state index is 13.2. The lowest BCUT2D eigenvalue weighted by Crippen LogP contribution is -2.45. The number of thioether (sulfide) groups is 1. The van der Waals surface area contributed by atoms with Crippen LogP contribution in [0.2, 0.25) is 0 Å². The highest BCUT2D eigenvalue weighted by Gasteiger charge is 2.28. The Morgan fingerprint density at radius 1 is 1.11 bits per heavy atom. The van der Waals surface area contributed by atoms with Gasteiger partial charge in [0.1, 0.15) is 4.83 Å². The number of aromatic nitrogens is 2. The van der Waals surface area contributed by atoms with E-state index in [1.165, 1.54) is 11.8 Å². The van der Waals surface area contributed by atoms with Crippen molar-refractivity contribution < 1.29 is 4.79 Å². The standard InChI is InChI=1S/C21H33N3O2S2/c1-11(2)10-23-20(26)17-14(7)15(8)27-18(17)22-21(23)28-16(9)19(25)24(12(3)4)13(5)6/h11-13,16H,10H2,1-9H3/t16-/m0/s1. The van der Waals surface area contributed by atoms with E-state index in [4.69, 9.17) is 4.98 Å². The number of rotatable bonds is 7. The predicted octanol–water partition coefficient (Wildman–Crippen LogP) is 4.86. The van der Waals surface area contributed by atoms with Gasteiger partial charge >= 0.3 is 0 Å². The normalized spacial score (nSPS) is 13.1. The van der Waals surface area contributed by atoms with Crippen molar-refractivity contribution in [3.8, 4) is 0 Å². The van der Waals surface area contributed by atoms with Crippen LogP contribution >= 0.6 is 23.1 Å². The second-order valence-electron chi connectivity index (χ2n) is 8.36. The van der Waals surface area contributed by atoms with Gasteiger partial charge < -0.3 is 4.90 Å². The fourth-order valence-corrected chi connectivity index (χ4v) is 5.49. The lowest BCUT2D eigenvalue weighted by Gasteiger charge is -2.33. The maximum Gasteiger partial charge on any atom is 0.263 e. The highest BCUT2D eigenvalue weighted by atomic mass is 32.2. The SMILES string of the molecule is Cc1sc2nc(S[C@@H](C)C(=O)N(C(C)C)C(C)C)n(CC(C)C)c(=O)c2c1C. The molecule has 0 saturated heterocycles. The van der Waals surface area contributed by atoms with Gasteiger partial charge in [-0.15, -0.1) is 11.3 Å². The topological polar surface area (TPSA) is 55.2 Å². The number of carbonyl (C=O) groups is 1. The molecule has 0 radical (unpaired) electrons. The number of thiophene rings is 1. The van der Waals surface area contributed by atoms with Gasteiger partial charge in [0.2, 0.25) is 5.91 Å². The zero-order chi connectivity index (χ0) is 21.3. The van der Waals surface area contributed by atoms with Crippen molar-refractivity contribution in [1.29, 1.82) is 0 Å². The number of nitrogens with zero attached hydrogens (tertiary/aromatic N) is 3. The predicted molar refractivity (Wildman–Crippen MR) is 121 cm³/mol. The van der Waals surface area contributed by atoms with E-state index >= 15 is 0 Å². The first-order valence-electron chi connectivity index (χ1n) is 9.95. The molecule has 2 aromatic rings. The summed E-state index contributed by atoms with van der Waals surface area (Å²) >= 11 is 2.95. The van der Waals surface area contributed by atoms with E-state index in [1.807, 2.05) is 53.4 Å². The van der Waals surface area contributed by atoms with Crippen molar-refractivity contribution in [2.45, 2.75) is 91.3 Å². The molecule has 1 amide bonds. The summed E-state index contributed by atoms with van der Waals surface area (Å²) in [5, 5.41) is 1.05. The molecule has 0 bridgehead atoms. The van der Waals surface area contributed by atoms with E-state index in [1.54, 1.807) is 15.9 Å². The van der Waals surface area contributed by atoms with E-state index in [2.05, 4.69) is 13.8 Å². The van der Waals surface area contributed by atoms with Crippen molar-refractivity contribution in [3.05, 3.63) is 20.8 Å². The molecule has 2 heterocycles. The van der Waals surface area contributed by atoms with Gasteiger partial charge in [0.05, 0.1) is 10.6 Å². The first-order valence-corrected chi connectivity index (χ1v) is 11.6. The second kappa shape index (κ2) is 8.99. The average Bonchev–Trinajstić information content (AvgIpc) is 2.84. The van der Waals surface area contributed by atoms with Gasteiger partial charge in [-0.3, -0.25) is 14.2 Å². The van der Waals surface area contributed by atoms with Crippen molar-refractivity contribution in [3.63, 3.8) is 0 Å². The van der Waals surface area contributed by atoms with Gasteiger partial charge in [-0.25, -0.2) is 4.98 Å².